The molecule has 0 unspecified atom stereocenters. The van der Waals surface area contributed by atoms with Crippen molar-refractivity contribution in [3.8, 4) is 0 Å². The van der Waals surface area contributed by atoms with Gasteiger partial charge in [-0.1, -0.05) is 12.1 Å². The first-order valence-electron chi connectivity index (χ1n) is 7.23. The number of aliphatic carboxylic acids is 1. The molecule has 0 spiro atoms. The Bertz CT molecular complexity index is 652. The molecule has 1 aromatic carbocycles. The zero-order valence-corrected chi connectivity index (χ0v) is 13.9. The summed E-state index contributed by atoms with van der Waals surface area (Å²) in [5, 5.41) is 7.42. The fraction of sp³-hybridized carbons (Fsp3) is 0.312. The number of hydrogen-bond donors (Lipinski definition) is 2. The number of halogens is 1. The number of carbonyl (C=O) groups excluding carboxylic acids is 2. The zero-order valence-electron chi connectivity index (χ0n) is 13.9. The van der Waals surface area contributed by atoms with Gasteiger partial charge in [0, 0.05) is 13.1 Å². The monoisotopic (exact) mass is 353 g/mol. The maximum atomic E-state index is 13.1. The molecule has 0 saturated heterocycles. The van der Waals surface area contributed by atoms with Crippen molar-refractivity contribution in [3.05, 3.63) is 35.6 Å². The Balaban J connectivity index is 0.000000470. The summed E-state index contributed by atoms with van der Waals surface area (Å²) in [5.74, 6) is -2.25. The molecule has 9 heteroatoms. The standard InChI is InChI=1S/C11H11FO3.C3H5N3.C2H4O2/c1-2-15-11(14)7-10(13)8-5-3-4-6-9(8)12;4-3-5-1-2-6-3;1-2(3)4/h3-6H,2,7H2,1H3;1H,2H2,(H2,4,6);1H3,(H,3,4). The first-order chi connectivity index (χ1) is 11.8. The number of hydrogen-bond acceptors (Lipinski definition) is 7. The van der Waals surface area contributed by atoms with Gasteiger partial charge in [0.1, 0.15) is 12.2 Å². The van der Waals surface area contributed by atoms with Gasteiger partial charge in [-0.25, -0.2) is 14.4 Å². The van der Waals surface area contributed by atoms with Gasteiger partial charge in [-0.3, -0.25) is 14.4 Å². The van der Waals surface area contributed by atoms with E-state index < -0.39 is 30.0 Å². The van der Waals surface area contributed by atoms with E-state index in [1.54, 1.807) is 19.2 Å². The molecule has 0 atom stereocenters. The van der Waals surface area contributed by atoms with Crippen LogP contribution in [0.2, 0.25) is 0 Å². The topological polar surface area (TPSA) is 131 Å². The summed E-state index contributed by atoms with van der Waals surface area (Å²) in [5.41, 5.74) is 5.01. The van der Waals surface area contributed by atoms with E-state index in [1.165, 1.54) is 18.2 Å². The van der Waals surface area contributed by atoms with Gasteiger partial charge in [0.2, 0.25) is 5.96 Å². The Hall–Kier alpha value is -3.10. The molecule has 1 aliphatic heterocycles. The first-order valence-corrected chi connectivity index (χ1v) is 7.23. The average Bonchev–Trinajstić information content (AvgIpc) is 2.99. The van der Waals surface area contributed by atoms with Crippen molar-refractivity contribution in [2.75, 3.05) is 13.2 Å². The SMILES string of the molecule is CC(=O)O.CCOC(=O)CC(=O)c1ccccc1F.NC1=NCC=N1. The Kier molecular flexibility index (Phi) is 10.8. The molecule has 0 bridgehead atoms. The van der Waals surface area contributed by atoms with Crippen molar-refractivity contribution in [2.45, 2.75) is 20.3 Å². The minimum atomic E-state index is -0.833. The van der Waals surface area contributed by atoms with E-state index in [9.17, 15) is 14.0 Å². The predicted octanol–water partition coefficient (Wildman–Crippen LogP) is 1.44. The molecule has 1 heterocycles. The molecule has 1 aliphatic rings. The fourth-order valence-corrected chi connectivity index (χ4v) is 1.44. The molecule has 0 radical (unpaired) electrons. The van der Waals surface area contributed by atoms with E-state index in [0.717, 1.165) is 6.92 Å². The Morgan fingerprint density at radius 2 is 1.92 bits per heavy atom. The number of carbonyl (C=O) groups is 3. The van der Waals surface area contributed by atoms with E-state index in [0.29, 0.717) is 12.5 Å². The minimum Gasteiger partial charge on any atom is -0.481 e. The van der Waals surface area contributed by atoms with E-state index in [4.69, 9.17) is 15.6 Å². The second kappa shape index (κ2) is 12.3. The van der Waals surface area contributed by atoms with Crippen LogP contribution in [0.5, 0.6) is 0 Å². The van der Waals surface area contributed by atoms with E-state index >= 15 is 0 Å². The lowest BCUT2D eigenvalue weighted by Crippen LogP contribution is -2.12. The number of nitrogens with two attached hydrogens (primary N) is 1. The minimum absolute atomic E-state index is 0.0782. The third kappa shape index (κ3) is 11.1. The summed E-state index contributed by atoms with van der Waals surface area (Å²) in [6, 6.07) is 5.55. The van der Waals surface area contributed by atoms with Crippen LogP contribution in [0.15, 0.2) is 34.3 Å². The molecule has 2 rings (SSSR count). The van der Waals surface area contributed by atoms with E-state index in [-0.39, 0.29) is 12.2 Å². The highest BCUT2D eigenvalue weighted by Crippen LogP contribution is 2.09. The van der Waals surface area contributed by atoms with Crippen LogP contribution in [0.3, 0.4) is 0 Å². The lowest BCUT2D eigenvalue weighted by molar-refractivity contribution is -0.142. The van der Waals surface area contributed by atoms with Crippen molar-refractivity contribution in [1.29, 1.82) is 0 Å². The number of aliphatic imine (C=N–C) groups is 2. The molecule has 1 aromatic rings. The molecular weight excluding hydrogens is 333 g/mol. The van der Waals surface area contributed by atoms with Crippen molar-refractivity contribution in [3.63, 3.8) is 0 Å². The summed E-state index contributed by atoms with van der Waals surface area (Å²) in [7, 11) is 0. The van der Waals surface area contributed by atoms with Crippen LogP contribution >= 0.6 is 0 Å². The molecule has 136 valence electrons. The van der Waals surface area contributed by atoms with Crippen LogP contribution < -0.4 is 5.73 Å². The number of benzene rings is 1. The van der Waals surface area contributed by atoms with Crippen molar-refractivity contribution in [2.24, 2.45) is 15.7 Å². The van der Waals surface area contributed by atoms with Gasteiger partial charge < -0.3 is 15.6 Å². The second-order valence-corrected chi connectivity index (χ2v) is 4.41. The highest BCUT2D eigenvalue weighted by molar-refractivity contribution is 6.06. The number of ether oxygens (including phenoxy) is 1. The normalized spacial score (nSPS) is 11.2. The molecule has 8 nitrogen and oxygen atoms in total. The number of Topliss-reactive ketones (excluding diaryl/α,β-unsaturated/α-hetero) is 1. The summed E-state index contributed by atoms with van der Waals surface area (Å²) in [4.78, 5) is 38.7. The van der Waals surface area contributed by atoms with Crippen molar-refractivity contribution < 1.29 is 28.6 Å². The molecular formula is C16H20FN3O5. The van der Waals surface area contributed by atoms with Gasteiger partial charge in [-0.05, 0) is 19.1 Å². The Labute approximate surface area is 144 Å². The van der Waals surface area contributed by atoms with Crippen LogP contribution in [0, 0.1) is 5.82 Å². The highest BCUT2D eigenvalue weighted by atomic mass is 19.1. The quantitative estimate of drug-likeness (QED) is 0.478. The lowest BCUT2D eigenvalue weighted by atomic mass is 10.1. The van der Waals surface area contributed by atoms with E-state index in [2.05, 4.69) is 14.7 Å². The van der Waals surface area contributed by atoms with Crippen LogP contribution in [-0.4, -0.2) is 48.2 Å². The van der Waals surface area contributed by atoms with Crippen LogP contribution in [0.4, 0.5) is 4.39 Å². The average molecular weight is 353 g/mol. The van der Waals surface area contributed by atoms with Gasteiger partial charge in [0.25, 0.3) is 5.97 Å². The fourth-order valence-electron chi connectivity index (χ4n) is 1.44. The maximum absolute atomic E-state index is 13.1. The molecule has 0 aromatic heterocycles. The number of guanidine groups is 1. The zero-order chi connectivity index (χ0) is 19.2. The number of rotatable bonds is 4. The first kappa shape index (κ1) is 21.9. The Morgan fingerprint density at radius 1 is 1.32 bits per heavy atom. The van der Waals surface area contributed by atoms with Gasteiger partial charge in [0.15, 0.2) is 5.78 Å². The third-order valence-electron chi connectivity index (χ3n) is 2.34. The molecule has 25 heavy (non-hydrogen) atoms. The maximum Gasteiger partial charge on any atom is 0.313 e. The van der Waals surface area contributed by atoms with E-state index in [1.807, 2.05) is 0 Å². The van der Waals surface area contributed by atoms with Gasteiger partial charge in [0.05, 0.1) is 18.7 Å². The molecule has 0 aliphatic carbocycles. The number of nitrogens with zero attached hydrogens (tertiary/aromatic N) is 2. The third-order valence-corrected chi connectivity index (χ3v) is 2.34. The molecule has 0 fully saturated rings. The lowest BCUT2D eigenvalue weighted by Gasteiger charge is -2.02. The summed E-state index contributed by atoms with van der Waals surface area (Å²) < 4.78 is 17.7. The van der Waals surface area contributed by atoms with Crippen molar-refractivity contribution in [1.82, 2.24) is 0 Å². The van der Waals surface area contributed by atoms with Gasteiger partial charge >= 0.3 is 5.97 Å². The van der Waals surface area contributed by atoms with Crippen molar-refractivity contribution >= 4 is 29.9 Å². The number of esters is 1. The van der Waals surface area contributed by atoms with Gasteiger partial charge in [-0.15, -0.1) is 0 Å². The highest BCUT2D eigenvalue weighted by Gasteiger charge is 2.15. The summed E-state index contributed by atoms with van der Waals surface area (Å²) in [6.07, 6.45) is 1.25. The largest absolute Gasteiger partial charge is 0.481 e. The molecule has 0 amide bonds. The van der Waals surface area contributed by atoms with Crippen LogP contribution in [0.25, 0.3) is 0 Å². The van der Waals surface area contributed by atoms with Crippen LogP contribution in [0.1, 0.15) is 30.6 Å². The predicted molar refractivity (Wildman–Crippen MR) is 90.3 cm³/mol. The summed E-state index contributed by atoms with van der Waals surface area (Å²) >= 11 is 0. The molecule has 3 N–H and O–H groups in total. The van der Waals surface area contributed by atoms with Crippen LogP contribution in [-0.2, 0) is 14.3 Å². The smallest absolute Gasteiger partial charge is 0.313 e. The second-order valence-electron chi connectivity index (χ2n) is 4.41. The summed E-state index contributed by atoms with van der Waals surface area (Å²) in [6.45, 7) is 3.60. The number of ketones is 1. The molecule has 0 saturated carbocycles. The number of carboxylic acid groups (broad SMARTS) is 1. The Morgan fingerprint density at radius 3 is 2.32 bits per heavy atom. The number of carboxylic acids is 1. The van der Waals surface area contributed by atoms with Gasteiger partial charge in [-0.2, -0.15) is 0 Å².